The predicted octanol–water partition coefficient (Wildman–Crippen LogP) is 4.08. The standard InChI is InChI=1S/C16H31N3S/c1-8-19(9-2)15-18-13(10-12(3)4)14(20-15)11-17-16(5,6)7/h12,17H,8-11H2,1-7H3. The van der Waals surface area contributed by atoms with Gasteiger partial charge in [0.25, 0.3) is 0 Å². The molecule has 0 spiro atoms. The highest BCUT2D eigenvalue weighted by molar-refractivity contribution is 7.15. The summed E-state index contributed by atoms with van der Waals surface area (Å²) in [7, 11) is 0. The van der Waals surface area contributed by atoms with Crippen molar-refractivity contribution >= 4 is 16.5 Å². The molecule has 0 aromatic carbocycles. The minimum atomic E-state index is 0.147. The Balaban J connectivity index is 2.93. The second-order valence-electron chi connectivity index (χ2n) is 6.74. The number of anilines is 1. The summed E-state index contributed by atoms with van der Waals surface area (Å²) in [6.07, 6.45) is 1.07. The first-order valence-electron chi connectivity index (χ1n) is 7.75. The SMILES string of the molecule is CCN(CC)c1nc(CC(C)C)c(CNC(C)(C)C)s1. The molecule has 4 heteroatoms. The lowest BCUT2D eigenvalue weighted by molar-refractivity contribution is 0.425. The fourth-order valence-electron chi connectivity index (χ4n) is 2.03. The van der Waals surface area contributed by atoms with E-state index in [1.165, 1.54) is 15.7 Å². The Hall–Kier alpha value is -0.610. The van der Waals surface area contributed by atoms with Gasteiger partial charge < -0.3 is 10.2 Å². The number of hydrogen-bond acceptors (Lipinski definition) is 4. The van der Waals surface area contributed by atoms with Gasteiger partial charge in [-0.2, -0.15) is 0 Å². The summed E-state index contributed by atoms with van der Waals surface area (Å²) in [4.78, 5) is 8.64. The molecule has 0 fully saturated rings. The zero-order valence-electron chi connectivity index (χ0n) is 14.2. The van der Waals surface area contributed by atoms with Crippen molar-refractivity contribution in [1.82, 2.24) is 10.3 Å². The summed E-state index contributed by atoms with van der Waals surface area (Å²) >= 11 is 1.85. The smallest absolute Gasteiger partial charge is 0.185 e. The molecular formula is C16H31N3S. The van der Waals surface area contributed by atoms with Crippen LogP contribution in [0, 0.1) is 5.92 Å². The fourth-order valence-corrected chi connectivity index (χ4v) is 3.18. The van der Waals surface area contributed by atoms with Gasteiger partial charge in [0.1, 0.15) is 0 Å². The van der Waals surface area contributed by atoms with Gasteiger partial charge in [-0.15, -0.1) is 11.3 Å². The monoisotopic (exact) mass is 297 g/mol. The van der Waals surface area contributed by atoms with Crippen LogP contribution in [0.4, 0.5) is 5.13 Å². The van der Waals surface area contributed by atoms with Crippen molar-refractivity contribution in [2.24, 2.45) is 5.92 Å². The van der Waals surface area contributed by atoms with Crippen LogP contribution in [0.15, 0.2) is 0 Å². The van der Waals surface area contributed by atoms with E-state index in [9.17, 15) is 0 Å². The van der Waals surface area contributed by atoms with Crippen LogP contribution in [-0.4, -0.2) is 23.6 Å². The Bertz CT molecular complexity index is 400. The van der Waals surface area contributed by atoms with E-state index in [0.29, 0.717) is 5.92 Å². The molecule has 116 valence electrons. The third-order valence-corrected chi connectivity index (χ3v) is 4.34. The van der Waals surface area contributed by atoms with Crippen molar-refractivity contribution in [2.45, 2.75) is 67.0 Å². The second-order valence-corrected chi connectivity index (χ2v) is 7.80. The molecule has 1 heterocycles. The maximum atomic E-state index is 4.90. The van der Waals surface area contributed by atoms with E-state index in [2.05, 4.69) is 58.7 Å². The van der Waals surface area contributed by atoms with Crippen molar-refractivity contribution in [3.05, 3.63) is 10.6 Å². The molecule has 1 aromatic heterocycles. The number of nitrogens with zero attached hydrogens (tertiary/aromatic N) is 2. The summed E-state index contributed by atoms with van der Waals surface area (Å²) in [5.41, 5.74) is 1.43. The molecule has 0 radical (unpaired) electrons. The van der Waals surface area contributed by atoms with Crippen LogP contribution in [-0.2, 0) is 13.0 Å². The molecule has 0 unspecified atom stereocenters. The van der Waals surface area contributed by atoms with E-state index in [1.807, 2.05) is 11.3 Å². The van der Waals surface area contributed by atoms with Crippen molar-refractivity contribution in [1.29, 1.82) is 0 Å². The minimum Gasteiger partial charge on any atom is -0.349 e. The van der Waals surface area contributed by atoms with Crippen LogP contribution in [0.3, 0.4) is 0 Å². The zero-order valence-corrected chi connectivity index (χ0v) is 15.0. The summed E-state index contributed by atoms with van der Waals surface area (Å²) in [5.74, 6) is 0.648. The maximum absolute atomic E-state index is 4.90. The average molecular weight is 298 g/mol. The molecule has 0 aliphatic rings. The highest BCUT2D eigenvalue weighted by atomic mass is 32.1. The van der Waals surface area contributed by atoms with Gasteiger partial charge >= 0.3 is 0 Å². The van der Waals surface area contributed by atoms with Gasteiger partial charge in [0.05, 0.1) is 5.69 Å². The summed E-state index contributed by atoms with van der Waals surface area (Å²) < 4.78 is 0. The largest absolute Gasteiger partial charge is 0.349 e. The molecular weight excluding hydrogens is 266 g/mol. The predicted molar refractivity (Wildman–Crippen MR) is 90.8 cm³/mol. The lowest BCUT2D eigenvalue weighted by atomic mass is 10.1. The fraction of sp³-hybridized carbons (Fsp3) is 0.812. The molecule has 1 rings (SSSR count). The van der Waals surface area contributed by atoms with Gasteiger partial charge in [0.2, 0.25) is 0 Å². The molecule has 0 aliphatic heterocycles. The van der Waals surface area contributed by atoms with E-state index < -0.39 is 0 Å². The summed E-state index contributed by atoms with van der Waals surface area (Å²) in [6.45, 7) is 18.5. The molecule has 20 heavy (non-hydrogen) atoms. The van der Waals surface area contributed by atoms with E-state index in [0.717, 1.165) is 26.1 Å². The van der Waals surface area contributed by atoms with Crippen LogP contribution >= 0.6 is 11.3 Å². The third-order valence-electron chi connectivity index (χ3n) is 3.18. The van der Waals surface area contributed by atoms with Crippen LogP contribution < -0.4 is 10.2 Å². The Morgan fingerprint density at radius 1 is 1.20 bits per heavy atom. The second kappa shape index (κ2) is 7.41. The first-order chi connectivity index (χ1) is 9.26. The van der Waals surface area contributed by atoms with Crippen molar-refractivity contribution < 1.29 is 0 Å². The number of thiazole rings is 1. The molecule has 1 N–H and O–H groups in total. The van der Waals surface area contributed by atoms with Crippen LogP contribution in [0.2, 0.25) is 0 Å². The number of aromatic nitrogens is 1. The quantitative estimate of drug-likeness (QED) is 0.822. The summed E-state index contributed by atoms with van der Waals surface area (Å²) in [5, 5.41) is 4.77. The topological polar surface area (TPSA) is 28.2 Å². The van der Waals surface area contributed by atoms with Crippen LogP contribution in [0.5, 0.6) is 0 Å². The van der Waals surface area contributed by atoms with Crippen LogP contribution in [0.1, 0.15) is 59.0 Å². The molecule has 3 nitrogen and oxygen atoms in total. The number of rotatable bonds is 7. The zero-order chi connectivity index (χ0) is 15.3. The van der Waals surface area contributed by atoms with Crippen molar-refractivity contribution in [3.63, 3.8) is 0 Å². The van der Waals surface area contributed by atoms with E-state index in [1.54, 1.807) is 0 Å². The van der Waals surface area contributed by atoms with Gasteiger partial charge in [-0.3, -0.25) is 0 Å². The van der Waals surface area contributed by atoms with Gasteiger partial charge in [-0.1, -0.05) is 13.8 Å². The van der Waals surface area contributed by atoms with E-state index in [4.69, 9.17) is 4.98 Å². The van der Waals surface area contributed by atoms with E-state index >= 15 is 0 Å². The Morgan fingerprint density at radius 2 is 1.80 bits per heavy atom. The highest BCUT2D eigenvalue weighted by Gasteiger charge is 2.17. The number of nitrogens with one attached hydrogen (secondary N) is 1. The van der Waals surface area contributed by atoms with Gasteiger partial charge in [-0.05, 0) is 47.0 Å². The normalized spacial score (nSPS) is 12.2. The maximum Gasteiger partial charge on any atom is 0.185 e. The molecule has 0 amide bonds. The molecule has 0 atom stereocenters. The molecule has 0 aliphatic carbocycles. The van der Waals surface area contributed by atoms with Gasteiger partial charge in [0, 0.05) is 30.1 Å². The van der Waals surface area contributed by atoms with E-state index in [-0.39, 0.29) is 5.54 Å². The molecule has 0 saturated heterocycles. The Labute approximate surface area is 128 Å². The molecule has 0 bridgehead atoms. The first-order valence-corrected chi connectivity index (χ1v) is 8.57. The number of hydrogen-bond donors (Lipinski definition) is 1. The highest BCUT2D eigenvalue weighted by Crippen LogP contribution is 2.28. The summed E-state index contributed by atoms with van der Waals surface area (Å²) in [6, 6.07) is 0. The van der Waals surface area contributed by atoms with Gasteiger partial charge in [0.15, 0.2) is 5.13 Å². The Kier molecular flexibility index (Phi) is 6.46. The van der Waals surface area contributed by atoms with Crippen molar-refractivity contribution in [3.8, 4) is 0 Å². The molecule has 0 saturated carbocycles. The third kappa shape index (κ3) is 5.41. The molecule has 1 aromatic rings. The van der Waals surface area contributed by atoms with Crippen molar-refractivity contribution in [2.75, 3.05) is 18.0 Å². The minimum absolute atomic E-state index is 0.147. The van der Waals surface area contributed by atoms with Crippen LogP contribution in [0.25, 0.3) is 0 Å². The first kappa shape index (κ1) is 17.4. The lowest BCUT2D eigenvalue weighted by Crippen LogP contribution is -2.35. The van der Waals surface area contributed by atoms with Gasteiger partial charge in [-0.25, -0.2) is 4.98 Å². The average Bonchev–Trinajstić information content (AvgIpc) is 2.69. The lowest BCUT2D eigenvalue weighted by Gasteiger charge is -2.20. The Morgan fingerprint density at radius 3 is 2.25 bits per heavy atom.